The number of hydrogen-bond acceptors (Lipinski definition) is 3. The molecular weight excluding hydrogens is 248 g/mol. The van der Waals surface area contributed by atoms with E-state index in [0.717, 1.165) is 12.3 Å². The third-order valence-corrected chi connectivity index (χ3v) is 4.36. The molecule has 1 aliphatic rings. The van der Waals surface area contributed by atoms with E-state index < -0.39 is 0 Å². The first-order chi connectivity index (χ1) is 9.81. The summed E-state index contributed by atoms with van der Waals surface area (Å²) in [5, 5.41) is 0. The monoisotopic (exact) mass is 276 g/mol. The van der Waals surface area contributed by atoms with Crippen LogP contribution in [-0.4, -0.2) is 30.6 Å². The number of rotatable bonds is 7. The average molecular weight is 276 g/mol. The van der Waals surface area contributed by atoms with Crippen LogP contribution in [0.1, 0.15) is 51.1 Å². The van der Waals surface area contributed by atoms with Gasteiger partial charge in [-0.1, -0.05) is 38.0 Å². The van der Waals surface area contributed by atoms with Crippen LogP contribution < -0.4 is 10.5 Å². The number of benzene rings is 1. The first-order valence-corrected chi connectivity index (χ1v) is 7.99. The van der Waals surface area contributed by atoms with E-state index in [0.29, 0.717) is 19.2 Å². The Morgan fingerprint density at radius 1 is 1.25 bits per heavy atom. The van der Waals surface area contributed by atoms with Crippen molar-refractivity contribution < 1.29 is 4.74 Å². The zero-order chi connectivity index (χ0) is 14.4. The number of hydrogen-bond donors (Lipinski definition) is 1. The molecule has 0 heterocycles. The maximum atomic E-state index is 6.12. The summed E-state index contributed by atoms with van der Waals surface area (Å²) in [6.45, 7) is 6.67. The number of nitrogens with zero attached hydrogens (tertiary/aromatic N) is 1. The SMILES string of the molecule is CCOc1ccccc1C(CN)N(CC)C1CCCC1. The number of nitrogens with two attached hydrogens (primary N) is 1. The molecule has 1 fully saturated rings. The molecule has 3 heteroatoms. The minimum Gasteiger partial charge on any atom is -0.494 e. The van der Waals surface area contributed by atoms with Crippen molar-refractivity contribution >= 4 is 0 Å². The van der Waals surface area contributed by atoms with Crippen LogP contribution in [0.4, 0.5) is 0 Å². The van der Waals surface area contributed by atoms with Crippen molar-refractivity contribution in [1.29, 1.82) is 0 Å². The second-order valence-electron chi connectivity index (χ2n) is 5.49. The van der Waals surface area contributed by atoms with E-state index in [1.165, 1.54) is 31.2 Å². The molecule has 0 amide bonds. The largest absolute Gasteiger partial charge is 0.494 e. The quantitative estimate of drug-likeness (QED) is 0.830. The van der Waals surface area contributed by atoms with Gasteiger partial charge >= 0.3 is 0 Å². The minimum absolute atomic E-state index is 0.269. The highest BCUT2D eigenvalue weighted by molar-refractivity contribution is 5.36. The average Bonchev–Trinajstić information content (AvgIpc) is 3.00. The second kappa shape index (κ2) is 7.65. The molecule has 1 aromatic carbocycles. The van der Waals surface area contributed by atoms with Gasteiger partial charge in [-0.2, -0.15) is 0 Å². The summed E-state index contributed by atoms with van der Waals surface area (Å²) in [6, 6.07) is 9.30. The van der Waals surface area contributed by atoms with Gasteiger partial charge in [-0.05, 0) is 32.4 Å². The molecule has 0 saturated heterocycles. The maximum Gasteiger partial charge on any atom is 0.124 e. The Labute approximate surface area is 123 Å². The third kappa shape index (κ3) is 3.33. The molecule has 2 rings (SSSR count). The molecule has 1 saturated carbocycles. The van der Waals surface area contributed by atoms with Gasteiger partial charge in [0.2, 0.25) is 0 Å². The van der Waals surface area contributed by atoms with Crippen LogP contribution in [0, 0.1) is 0 Å². The van der Waals surface area contributed by atoms with Crippen LogP contribution in [0.2, 0.25) is 0 Å². The lowest BCUT2D eigenvalue weighted by Crippen LogP contribution is -2.40. The molecule has 0 radical (unpaired) electrons. The highest BCUT2D eigenvalue weighted by atomic mass is 16.5. The molecule has 1 aromatic rings. The molecule has 0 aromatic heterocycles. The van der Waals surface area contributed by atoms with Gasteiger partial charge in [0, 0.05) is 18.2 Å². The van der Waals surface area contributed by atoms with E-state index >= 15 is 0 Å². The predicted octanol–water partition coefficient (Wildman–Crippen LogP) is 3.35. The van der Waals surface area contributed by atoms with E-state index in [1.54, 1.807) is 0 Å². The van der Waals surface area contributed by atoms with E-state index in [4.69, 9.17) is 10.5 Å². The highest BCUT2D eigenvalue weighted by Crippen LogP contribution is 2.34. The Bertz CT molecular complexity index is 402. The molecule has 0 spiro atoms. The summed E-state index contributed by atoms with van der Waals surface area (Å²) in [7, 11) is 0. The fourth-order valence-electron chi connectivity index (χ4n) is 3.45. The molecule has 2 N–H and O–H groups in total. The Kier molecular flexibility index (Phi) is 5.86. The minimum atomic E-state index is 0.269. The van der Waals surface area contributed by atoms with E-state index in [-0.39, 0.29) is 6.04 Å². The van der Waals surface area contributed by atoms with E-state index in [2.05, 4.69) is 30.0 Å². The van der Waals surface area contributed by atoms with Gasteiger partial charge < -0.3 is 10.5 Å². The van der Waals surface area contributed by atoms with Gasteiger partial charge in [0.1, 0.15) is 5.75 Å². The molecule has 0 aliphatic heterocycles. The molecule has 1 unspecified atom stereocenters. The zero-order valence-corrected chi connectivity index (χ0v) is 12.8. The van der Waals surface area contributed by atoms with Crippen molar-refractivity contribution in [3.63, 3.8) is 0 Å². The highest BCUT2D eigenvalue weighted by Gasteiger charge is 2.29. The van der Waals surface area contributed by atoms with Gasteiger partial charge in [-0.25, -0.2) is 0 Å². The first kappa shape index (κ1) is 15.3. The first-order valence-electron chi connectivity index (χ1n) is 7.99. The Hall–Kier alpha value is -1.06. The van der Waals surface area contributed by atoms with Crippen LogP contribution in [0.3, 0.4) is 0 Å². The molecule has 3 nitrogen and oxygen atoms in total. The summed E-state index contributed by atoms with van der Waals surface area (Å²) < 4.78 is 5.79. The van der Waals surface area contributed by atoms with Gasteiger partial charge in [0.15, 0.2) is 0 Å². The van der Waals surface area contributed by atoms with Crippen LogP contribution in [0.25, 0.3) is 0 Å². The van der Waals surface area contributed by atoms with Crippen molar-refractivity contribution in [2.75, 3.05) is 19.7 Å². The fraction of sp³-hybridized carbons (Fsp3) is 0.647. The Morgan fingerprint density at radius 2 is 1.95 bits per heavy atom. The van der Waals surface area contributed by atoms with Crippen molar-refractivity contribution in [3.05, 3.63) is 29.8 Å². The van der Waals surface area contributed by atoms with E-state index in [1.807, 2.05) is 13.0 Å². The topological polar surface area (TPSA) is 38.5 Å². The van der Waals surface area contributed by atoms with Crippen molar-refractivity contribution in [2.24, 2.45) is 5.73 Å². The van der Waals surface area contributed by atoms with Crippen molar-refractivity contribution in [3.8, 4) is 5.75 Å². The normalized spacial score (nSPS) is 17.6. The molecule has 1 atom stereocenters. The van der Waals surface area contributed by atoms with Crippen LogP contribution in [0.5, 0.6) is 5.75 Å². The molecule has 20 heavy (non-hydrogen) atoms. The van der Waals surface area contributed by atoms with Gasteiger partial charge in [0.05, 0.1) is 12.6 Å². The number of likely N-dealkylation sites (N-methyl/N-ethyl adjacent to an activating group) is 1. The molecular formula is C17H28N2O. The summed E-state index contributed by atoms with van der Waals surface area (Å²) in [5.74, 6) is 0.988. The third-order valence-electron chi connectivity index (χ3n) is 4.36. The second-order valence-corrected chi connectivity index (χ2v) is 5.49. The Balaban J connectivity index is 2.25. The standard InChI is InChI=1S/C17H28N2O/c1-3-19(14-9-5-6-10-14)16(13-18)15-11-7-8-12-17(15)20-4-2/h7-8,11-12,14,16H,3-6,9-10,13,18H2,1-2H3. The van der Waals surface area contributed by atoms with E-state index in [9.17, 15) is 0 Å². The summed E-state index contributed by atoms with van der Waals surface area (Å²) in [6.07, 6.45) is 5.32. The smallest absolute Gasteiger partial charge is 0.124 e. The lowest BCUT2D eigenvalue weighted by Gasteiger charge is -2.36. The lowest BCUT2D eigenvalue weighted by molar-refractivity contribution is 0.144. The van der Waals surface area contributed by atoms with Gasteiger partial charge in [0.25, 0.3) is 0 Å². The lowest BCUT2D eigenvalue weighted by atomic mass is 10.0. The number of para-hydroxylation sites is 1. The van der Waals surface area contributed by atoms with Gasteiger partial charge in [-0.15, -0.1) is 0 Å². The van der Waals surface area contributed by atoms with Crippen molar-refractivity contribution in [2.45, 2.75) is 51.6 Å². The molecule has 0 bridgehead atoms. The summed E-state index contributed by atoms with van der Waals surface area (Å²) >= 11 is 0. The fourth-order valence-corrected chi connectivity index (χ4v) is 3.45. The number of ether oxygens (including phenoxy) is 1. The predicted molar refractivity (Wildman–Crippen MR) is 84.0 cm³/mol. The maximum absolute atomic E-state index is 6.12. The summed E-state index contributed by atoms with van der Waals surface area (Å²) in [5.41, 5.74) is 7.36. The van der Waals surface area contributed by atoms with Crippen LogP contribution in [0.15, 0.2) is 24.3 Å². The Morgan fingerprint density at radius 3 is 2.55 bits per heavy atom. The molecule has 112 valence electrons. The summed E-state index contributed by atoms with van der Waals surface area (Å²) in [4.78, 5) is 2.57. The van der Waals surface area contributed by atoms with Crippen LogP contribution >= 0.6 is 0 Å². The zero-order valence-electron chi connectivity index (χ0n) is 12.8. The van der Waals surface area contributed by atoms with Gasteiger partial charge in [-0.3, -0.25) is 4.90 Å². The van der Waals surface area contributed by atoms with Crippen molar-refractivity contribution in [1.82, 2.24) is 4.90 Å². The van der Waals surface area contributed by atoms with Crippen LogP contribution in [-0.2, 0) is 0 Å². The molecule has 1 aliphatic carbocycles.